The number of halogens is 1. The van der Waals surface area contributed by atoms with Crippen molar-refractivity contribution in [3.63, 3.8) is 0 Å². The van der Waals surface area contributed by atoms with E-state index in [1.807, 2.05) is 71.4 Å². The molecule has 1 aliphatic rings. The van der Waals surface area contributed by atoms with E-state index in [1.54, 1.807) is 25.4 Å². The van der Waals surface area contributed by atoms with E-state index < -0.39 is 0 Å². The first-order chi connectivity index (χ1) is 16.2. The monoisotopic (exact) mass is 458 g/mol. The van der Waals surface area contributed by atoms with Gasteiger partial charge in [-0.05, 0) is 66.3 Å². The maximum Gasteiger partial charge on any atom is 0.170 e. The quantitative estimate of drug-likeness (QED) is 0.403. The molecule has 1 saturated heterocycles. The Hall–Kier alpha value is -3.71. The first-order valence-electron chi connectivity index (χ1n) is 10.7. The van der Waals surface area contributed by atoms with E-state index in [0.717, 1.165) is 22.7 Å². The van der Waals surface area contributed by atoms with Gasteiger partial charge in [-0.1, -0.05) is 30.3 Å². The summed E-state index contributed by atoms with van der Waals surface area (Å²) in [7, 11) is 1.65. The number of benzene rings is 2. The Kier molecular flexibility index (Phi) is 5.79. The second kappa shape index (κ2) is 9.03. The number of nitrogens with zero attached hydrogens (tertiary/aromatic N) is 3. The van der Waals surface area contributed by atoms with Crippen LogP contribution in [0, 0.1) is 5.82 Å². The molecule has 4 aromatic rings. The summed E-state index contributed by atoms with van der Waals surface area (Å²) in [5, 5.41) is 4.09. The minimum absolute atomic E-state index is 0.183. The van der Waals surface area contributed by atoms with Crippen LogP contribution in [0.3, 0.4) is 0 Å². The van der Waals surface area contributed by atoms with Crippen LogP contribution in [0.15, 0.2) is 91.3 Å². The zero-order valence-electron chi connectivity index (χ0n) is 18.1. The second-order valence-electron chi connectivity index (χ2n) is 7.86. The minimum atomic E-state index is -0.278. The van der Waals surface area contributed by atoms with E-state index >= 15 is 0 Å². The third-order valence-corrected chi connectivity index (χ3v) is 6.26. The van der Waals surface area contributed by atoms with Crippen molar-refractivity contribution < 1.29 is 9.13 Å². The molecule has 5 nitrogen and oxygen atoms in total. The summed E-state index contributed by atoms with van der Waals surface area (Å²) in [5.41, 5.74) is 3.40. The molecule has 2 aromatic carbocycles. The molecule has 5 rings (SSSR count). The van der Waals surface area contributed by atoms with E-state index in [4.69, 9.17) is 17.0 Å². The Balaban J connectivity index is 1.59. The van der Waals surface area contributed by atoms with E-state index in [9.17, 15) is 4.39 Å². The van der Waals surface area contributed by atoms with Crippen molar-refractivity contribution >= 4 is 17.3 Å². The Bertz CT molecular complexity index is 1260. The fraction of sp³-hybridized carbons (Fsp3) is 0.154. The molecule has 166 valence electrons. The summed E-state index contributed by atoms with van der Waals surface area (Å²) in [6.45, 7) is 0.590. The number of para-hydroxylation sites is 1. The Labute approximate surface area is 197 Å². The summed E-state index contributed by atoms with van der Waals surface area (Å²) < 4.78 is 21.9. The predicted molar refractivity (Wildman–Crippen MR) is 130 cm³/mol. The van der Waals surface area contributed by atoms with Gasteiger partial charge in [0.15, 0.2) is 5.11 Å². The number of nitrogens with one attached hydrogen (secondary N) is 1. The third kappa shape index (κ3) is 4.07. The van der Waals surface area contributed by atoms with E-state index in [2.05, 4.69) is 15.2 Å². The minimum Gasteiger partial charge on any atom is -0.497 e. The first kappa shape index (κ1) is 21.2. The van der Waals surface area contributed by atoms with Crippen molar-refractivity contribution in [3.8, 4) is 11.4 Å². The van der Waals surface area contributed by atoms with Crippen molar-refractivity contribution in [1.82, 2.24) is 19.8 Å². The molecule has 7 heteroatoms. The Morgan fingerprint density at radius 3 is 2.52 bits per heavy atom. The molecule has 2 aromatic heterocycles. The molecule has 2 unspecified atom stereocenters. The summed E-state index contributed by atoms with van der Waals surface area (Å²) in [6, 6.07) is 24.2. The molecule has 0 aliphatic carbocycles. The molecule has 0 radical (unpaired) electrons. The highest BCUT2D eigenvalue weighted by molar-refractivity contribution is 7.80. The zero-order chi connectivity index (χ0) is 22.8. The fourth-order valence-corrected chi connectivity index (χ4v) is 4.63. The van der Waals surface area contributed by atoms with Gasteiger partial charge in [0.2, 0.25) is 0 Å². The lowest BCUT2D eigenvalue weighted by molar-refractivity contribution is 0.302. The van der Waals surface area contributed by atoms with Gasteiger partial charge < -0.3 is 19.5 Å². The van der Waals surface area contributed by atoms with E-state index in [-0.39, 0.29) is 17.9 Å². The van der Waals surface area contributed by atoms with Gasteiger partial charge in [-0.25, -0.2) is 4.39 Å². The lowest BCUT2D eigenvalue weighted by Crippen LogP contribution is -2.30. The van der Waals surface area contributed by atoms with Crippen LogP contribution in [0.2, 0.25) is 0 Å². The summed E-state index contributed by atoms with van der Waals surface area (Å²) in [6.07, 6.45) is 3.66. The molecule has 0 saturated carbocycles. The highest BCUT2D eigenvalue weighted by Crippen LogP contribution is 2.40. The first-order valence-corrected chi connectivity index (χ1v) is 11.1. The lowest BCUT2D eigenvalue weighted by atomic mass is 10.0. The van der Waals surface area contributed by atoms with Gasteiger partial charge >= 0.3 is 0 Å². The maximum absolute atomic E-state index is 14.7. The fourth-order valence-electron chi connectivity index (χ4n) is 4.33. The number of aromatic nitrogens is 2. The number of rotatable bonds is 6. The van der Waals surface area contributed by atoms with Crippen LogP contribution < -0.4 is 10.1 Å². The number of hydrogen-bond acceptors (Lipinski definition) is 3. The molecule has 1 fully saturated rings. The molecule has 1 aliphatic heterocycles. The molecular weight excluding hydrogens is 435 g/mol. The van der Waals surface area contributed by atoms with Crippen molar-refractivity contribution in [2.75, 3.05) is 7.11 Å². The largest absolute Gasteiger partial charge is 0.497 e. The average Bonchev–Trinajstić information content (AvgIpc) is 3.45. The number of pyridine rings is 1. The molecule has 0 amide bonds. The third-order valence-electron chi connectivity index (χ3n) is 5.91. The SMILES string of the molecule is COc1ccc(CN2C(=S)NC(c3ccccn3)C2c2cccn2-c2ccccc2F)cc1. The highest BCUT2D eigenvalue weighted by Gasteiger charge is 2.41. The molecular formula is C26H23FN4OS. The van der Waals surface area contributed by atoms with Crippen LogP contribution in [-0.2, 0) is 6.54 Å². The van der Waals surface area contributed by atoms with E-state index in [0.29, 0.717) is 17.3 Å². The van der Waals surface area contributed by atoms with Crippen molar-refractivity contribution in [2.24, 2.45) is 0 Å². The van der Waals surface area contributed by atoms with E-state index in [1.165, 1.54) is 6.07 Å². The molecule has 0 spiro atoms. The normalized spacial score (nSPS) is 17.8. The molecule has 3 heterocycles. The predicted octanol–water partition coefficient (Wildman–Crippen LogP) is 5.19. The number of methoxy groups -OCH3 is 1. The summed E-state index contributed by atoms with van der Waals surface area (Å²) in [4.78, 5) is 6.73. The molecule has 1 N–H and O–H groups in total. The molecule has 33 heavy (non-hydrogen) atoms. The van der Waals surface area contributed by atoms with Gasteiger partial charge in [0.25, 0.3) is 0 Å². The molecule has 2 atom stereocenters. The second-order valence-corrected chi connectivity index (χ2v) is 8.24. The van der Waals surface area contributed by atoms with Crippen LogP contribution in [0.5, 0.6) is 5.75 Å². The van der Waals surface area contributed by atoms with Crippen LogP contribution >= 0.6 is 12.2 Å². The summed E-state index contributed by atoms with van der Waals surface area (Å²) >= 11 is 5.78. The van der Waals surface area contributed by atoms with Gasteiger partial charge in [0.1, 0.15) is 11.6 Å². The van der Waals surface area contributed by atoms with Crippen molar-refractivity contribution in [3.05, 3.63) is 114 Å². The van der Waals surface area contributed by atoms with Crippen LogP contribution in [0.25, 0.3) is 5.69 Å². The Morgan fingerprint density at radius 2 is 1.79 bits per heavy atom. The number of ether oxygens (including phenoxy) is 1. The zero-order valence-corrected chi connectivity index (χ0v) is 18.9. The van der Waals surface area contributed by atoms with Gasteiger partial charge in [-0.3, -0.25) is 4.98 Å². The molecule has 0 bridgehead atoms. The maximum atomic E-state index is 14.7. The number of thiocarbonyl (C=S) groups is 1. The van der Waals surface area contributed by atoms with Crippen LogP contribution in [0.4, 0.5) is 4.39 Å². The van der Waals surface area contributed by atoms with Gasteiger partial charge in [-0.2, -0.15) is 0 Å². The van der Waals surface area contributed by atoms with Crippen molar-refractivity contribution in [1.29, 1.82) is 0 Å². The van der Waals surface area contributed by atoms with Gasteiger partial charge in [0.05, 0.1) is 30.6 Å². The van der Waals surface area contributed by atoms with Crippen LogP contribution in [-0.4, -0.2) is 26.7 Å². The van der Waals surface area contributed by atoms with Crippen LogP contribution in [0.1, 0.15) is 29.0 Å². The standard InChI is InChI=1S/C26H23FN4OS/c1-32-19-13-11-18(12-14-19)17-31-25(24(29-26(31)33)21-8-4-5-15-28-21)23-10-6-16-30(23)22-9-3-2-7-20(22)27/h2-16,24-25H,17H2,1H3,(H,29,33). The number of hydrogen-bond donors (Lipinski definition) is 1. The smallest absolute Gasteiger partial charge is 0.170 e. The lowest BCUT2D eigenvalue weighted by Gasteiger charge is -2.29. The average molecular weight is 459 g/mol. The van der Waals surface area contributed by atoms with Gasteiger partial charge in [-0.15, -0.1) is 0 Å². The Morgan fingerprint density at radius 1 is 1.00 bits per heavy atom. The highest BCUT2D eigenvalue weighted by atomic mass is 32.1. The van der Waals surface area contributed by atoms with Gasteiger partial charge in [0, 0.05) is 24.6 Å². The topological polar surface area (TPSA) is 42.3 Å². The summed E-state index contributed by atoms with van der Waals surface area (Å²) in [5.74, 6) is 0.525. The van der Waals surface area contributed by atoms with Crippen molar-refractivity contribution in [2.45, 2.75) is 18.6 Å².